The van der Waals surface area contributed by atoms with Gasteiger partial charge in [0, 0.05) is 45.0 Å². The second kappa shape index (κ2) is 10.8. The van der Waals surface area contributed by atoms with Crippen LogP contribution in [-0.2, 0) is 0 Å². The third-order valence-electron chi connectivity index (χ3n) is 12.1. The molecule has 0 saturated carbocycles. The summed E-state index contributed by atoms with van der Waals surface area (Å²) in [6.07, 6.45) is 0. The first kappa shape index (κ1) is 29.1. The summed E-state index contributed by atoms with van der Waals surface area (Å²) in [5.41, 5.74) is 24.7. The molecule has 2 nitrogen and oxygen atoms in total. The molecule has 0 spiro atoms. The monoisotopic (exact) mass is 670 g/mol. The summed E-state index contributed by atoms with van der Waals surface area (Å²) in [6, 6.07) is 66.0. The molecule has 4 aliphatic heterocycles. The number of rotatable bonds is 2. The first-order valence-electron chi connectivity index (χ1n) is 18.7. The van der Waals surface area contributed by atoms with Gasteiger partial charge in [0.2, 0.25) is 0 Å². The number of hydrogen-bond acceptors (Lipinski definition) is 2. The summed E-state index contributed by atoms with van der Waals surface area (Å²) in [7, 11) is 0. The van der Waals surface area contributed by atoms with Gasteiger partial charge < -0.3 is 9.62 Å². The van der Waals surface area contributed by atoms with Crippen molar-refractivity contribution in [1.29, 1.82) is 0 Å². The Kier molecular flexibility index (Phi) is 5.91. The van der Waals surface area contributed by atoms with Crippen LogP contribution in [0, 0.1) is 6.92 Å². The molecule has 0 aliphatic carbocycles. The van der Waals surface area contributed by atoms with Gasteiger partial charge in [-0.05, 0) is 105 Å². The van der Waals surface area contributed by atoms with E-state index in [1.54, 1.807) is 0 Å². The second-order valence-corrected chi connectivity index (χ2v) is 14.9. The summed E-state index contributed by atoms with van der Waals surface area (Å²) in [4.78, 5) is 5.29. The van der Waals surface area contributed by atoms with Gasteiger partial charge in [-0.15, -0.1) is 0 Å². The van der Waals surface area contributed by atoms with Crippen molar-refractivity contribution in [2.45, 2.75) is 6.92 Å². The molecule has 53 heavy (non-hydrogen) atoms. The highest BCUT2D eigenvalue weighted by Crippen LogP contribution is 2.52. The minimum atomic E-state index is 0.0220. The molecule has 0 saturated heterocycles. The third-order valence-corrected chi connectivity index (χ3v) is 12.1. The molecule has 0 radical (unpaired) electrons. The molecule has 4 aliphatic rings. The van der Waals surface area contributed by atoms with Crippen LogP contribution in [-0.4, -0.2) is 13.7 Å². The van der Waals surface area contributed by atoms with E-state index in [0.29, 0.717) is 0 Å². The lowest BCUT2D eigenvalue weighted by Crippen LogP contribution is -2.65. The lowest BCUT2D eigenvalue weighted by atomic mass is 9.38. The van der Waals surface area contributed by atoms with Gasteiger partial charge in [0.15, 0.2) is 0 Å². The molecule has 0 amide bonds. The Labute approximate surface area is 310 Å². The molecule has 244 valence electrons. The summed E-state index contributed by atoms with van der Waals surface area (Å²) in [5, 5.41) is 0. The van der Waals surface area contributed by atoms with E-state index in [2.05, 4.69) is 192 Å². The number of hydrogen-bond donors (Lipinski definition) is 0. The molecular formula is C49H32B2N2. The molecular weight excluding hydrogens is 638 g/mol. The normalized spacial score (nSPS) is 13.6. The summed E-state index contributed by atoms with van der Waals surface area (Å²) >= 11 is 0. The Hall–Kier alpha value is -6.51. The lowest BCUT2D eigenvalue weighted by Gasteiger charge is -2.49. The highest BCUT2D eigenvalue weighted by molar-refractivity contribution is 6.96. The van der Waals surface area contributed by atoms with Crippen LogP contribution >= 0.6 is 0 Å². The van der Waals surface area contributed by atoms with E-state index in [1.807, 2.05) is 0 Å². The van der Waals surface area contributed by atoms with Crippen molar-refractivity contribution in [3.63, 3.8) is 0 Å². The van der Waals surface area contributed by atoms with Crippen LogP contribution in [0.5, 0.6) is 0 Å². The van der Waals surface area contributed by atoms with Crippen molar-refractivity contribution < 1.29 is 0 Å². The average molecular weight is 670 g/mol. The minimum Gasteiger partial charge on any atom is -0.376 e. The van der Waals surface area contributed by atoms with Crippen LogP contribution in [0.1, 0.15) is 5.56 Å². The molecule has 0 fully saturated rings. The van der Waals surface area contributed by atoms with Gasteiger partial charge in [-0.3, -0.25) is 0 Å². The standard InChI is InChI=1S/C49H32B2N2/c1-31-22-26-44-38(28-31)36-16-8-9-17-40(36)50-42-18-10-21-47-48(42)49-43(19-11-20-46(49)52(44)50)51-41-25-23-34(32-12-4-2-5-13-32)29-37(41)39-30-35(24-27-45(39)53(47)51)33-14-6-3-7-15-33/h2-30H,1H3. The van der Waals surface area contributed by atoms with Crippen molar-refractivity contribution >= 4 is 58.3 Å². The molecule has 0 unspecified atom stereocenters. The fourth-order valence-corrected chi connectivity index (χ4v) is 9.89. The first-order valence-corrected chi connectivity index (χ1v) is 18.7. The van der Waals surface area contributed by atoms with E-state index in [-0.39, 0.29) is 13.7 Å². The lowest BCUT2D eigenvalue weighted by molar-refractivity contribution is 1.31. The molecule has 8 aromatic carbocycles. The van der Waals surface area contributed by atoms with Gasteiger partial charge in [0.05, 0.1) is 0 Å². The topological polar surface area (TPSA) is 6.48 Å². The van der Waals surface area contributed by atoms with Crippen LogP contribution in [0.3, 0.4) is 0 Å². The van der Waals surface area contributed by atoms with E-state index in [0.717, 1.165) is 0 Å². The zero-order valence-corrected chi connectivity index (χ0v) is 29.3. The SMILES string of the molecule is Cc1ccc2c(c1)-c1ccccc1B1c3cccc4c3-c3c(cccc3N12)B1c2ccc(-c3ccccc3)cc2-c2cc(-c3ccccc3)ccc2N14. The van der Waals surface area contributed by atoms with Gasteiger partial charge in [0.25, 0.3) is 0 Å². The van der Waals surface area contributed by atoms with Crippen LogP contribution in [0.4, 0.5) is 22.7 Å². The van der Waals surface area contributed by atoms with Crippen molar-refractivity contribution in [3.8, 4) is 55.6 Å². The number of fused-ring (bicyclic) bond motifs is 16. The second-order valence-electron chi connectivity index (χ2n) is 14.9. The minimum absolute atomic E-state index is 0.0220. The van der Waals surface area contributed by atoms with Gasteiger partial charge >= 0.3 is 13.7 Å². The molecule has 0 aromatic heterocycles. The van der Waals surface area contributed by atoms with Crippen LogP contribution < -0.4 is 31.5 Å². The van der Waals surface area contributed by atoms with Gasteiger partial charge in [-0.1, -0.05) is 139 Å². The largest absolute Gasteiger partial charge is 0.376 e. The smallest absolute Gasteiger partial charge is 0.329 e. The van der Waals surface area contributed by atoms with E-state index >= 15 is 0 Å². The van der Waals surface area contributed by atoms with Crippen molar-refractivity contribution in [2.75, 3.05) is 9.62 Å². The van der Waals surface area contributed by atoms with Crippen molar-refractivity contribution in [1.82, 2.24) is 0 Å². The van der Waals surface area contributed by atoms with E-state index < -0.39 is 0 Å². The average Bonchev–Trinajstić information content (AvgIpc) is 3.23. The highest BCUT2D eigenvalue weighted by atomic mass is 15.1. The Balaban J connectivity index is 1.16. The van der Waals surface area contributed by atoms with E-state index in [1.165, 1.54) is 106 Å². The van der Waals surface area contributed by atoms with E-state index in [9.17, 15) is 0 Å². The quantitative estimate of drug-likeness (QED) is 0.169. The Morgan fingerprint density at radius 1 is 0.321 bits per heavy atom. The fraction of sp³-hybridized carbons (Fsp3) is 0.0204. The zero-order valence-electron chi connectivity index (χ0n) is 29.3. The van der Waals surface area contributed by atoms with Crippen molar-refractivity contribution in [2.24, 2.45) is 0 Å². The van der Waals surface area contributed by atoms with Gasteiger partial charge in [-0.2, -0.15) is 0 Å². The third kappa shape index (κ3) is 3.96. The molecule has 4 heteroatoms. The maximum atomic E-state index is 2.65. The van der Waals surface area contributed by atoms with Gasteiger partial charge in [-0.25, -0.2) is 0 Å². The first-order chi connectivity index (χ1) is 26.2. The molecule has 0 N–H and O–H groups in total. The Bertz CT molecular complexity index is 2830. The predicted octanol–water partition coefficient (Wildman–Crippen LogP) is 9.47. The molecule has 0 atom stereocenters. The maximum Gasteiger partial charge on any atom is 0.329 e. The molecule has 8 aromatic rings. The number of anilines is 4. The molecule has 4 heterocycles. The maximum absolute atomic E-state index is 2.65. The summed E-state index contributed by atoms with van der Waals surface area (Å²) in [5.74, 6) is 0. The van der Waals surface area contributed by atoms with Crippen LogP contribution in [0.25, 0.3) is 55.6 Å². The Morgan fingerprint density at radius 3 is 1.45 bits per heavy atom. The van der Waals surface area contributed by atoms with Crippen molar-refractivity contribution in [3.05, 3.63) is 181 Å². The molecule has 12 rings (SSSR count). The number of benzene rings is 8. The Morgan fingerprint density at radius 2 is 0.811 bits per heavy atom. The molecule has 0 bridgehead atoms. The van der Waals surface area contributed by atoms with Crippen LogP contribution in [0.2, 0.25) is 0 Å². The van der Waals surface area contributed by atoms with Gasteiger partial charge in [0.1, 0.15) is 0 Å². The zero-order chi connectivity index (χ0) is 34.8. The van der Waals surface area contributed by atoms with Crippen LogP contribution in [0.15, 0.2) is 176 Å². The number of aryl methyl sites for hydroxylation is 1. The summed E-state index contributed by atoms with van der Waals surface area (Å²) < 4.78 is 0. The highest BCUT2D eigenvalue weighted by Gasteiger charge is 2.49. The van der Waals surface area contributed by atoms with E-state index in [4.69, 9.17) is 0 Å². The fourth-order valence-electron chi connectivity index (χ4n) is 9.89. The predicted molar refractivity (Wildman–Crippen MR) is 226 cm³/mol. The number of nitrogens with zero attached hydrogens (tertiary/aromatic N) is 2. The summed E-state index contributed by atoms with van der Waals surface area (Å²) in [6.45, 7) is 2.30.